The molecule has 0 saturated heterocycles. The number of carbonyl (C=O) groups excluding carboxylic acids is 1. The molecular formula is C18H15FN2OS. The van der Waals surface area contributed by atoms with Crippen LogP contribution in [-0.4, -0.2) is 10.9 Å². The number of hydrogen-bond acceptors (Lipinski definition) is 3. The van der Waals surface area contributed by atoms with Gasteiger partial charge in [-0.1, -0.05) is 42.0 Å². The summed E-state index contributed by atoms with van der Waals surface area (Å²) < 4.78 is 13.1. The maximum atomic E-state index is 13.1. The van der Waals surface area contributed by atoms with Crippen LogP contribution in [0.15, 0.2) is 53.9 Å². The number of nitrogens with zero attached hydrogens (tertiary/aromatic N) is 1. The highest BCUT2D eigenvalue weighted by Gasteiger charge is 2.09. The summed E-state index contributed by atoms with van der Waals surface area (Å²) in [6.07, 6.45) is 0.122. The van der Waals surface area contributed by atoms with Crippen molar-refractivity contribution < 1.29 is 9.18 Å². The number of aromatic nitrogens is 1. The van der Waals surface area contributed by atoms with E-state index in [1.165, 1.54) is 29.0 Å². The Balaban J connectivity index is 1.66. The molecule has 0 saturated carbocycles. The first-order valence-electron chi connectivity index (χ1n) is 7.17. The minimum Gasteiger partial charge on any atom is -0.302 e. The molecular weight excluding hydrogens is 311 g/mol. The molecule has 3 aromatic rings. The van der Waals surface area contributed by atoms with Crippen molar-refractivity contribution in [2.24, 2.45) is 0 Å². The number of hydrogen-bond donors (Lipinski definition) is 1. The predicted molar refractivity (Wildman–Crippen MR) is 91.0 cm³/mol. The number of carbonyl (C=O) groups is 1. The minimum atomic E-state index is -0.341. The van der Waals surface area contributed by atoms with Crippen molar-refractivity contribution >= 4 is 22.4 Å². The highest BCUT2D eigenvalue weighted by molar-refractivity contribution is 7.14. The van der Waals surface area contributed by atoms with E-state index in [2.05, 4.69) is 10.3 Å². The number of thiazole rings is 1. The van der Waals surface area contributed by atoms with Crippen LogP contribution in [0.4, 0.5) is 9.52 Å². The van der Waals surface area contributed by atoms with E-state index in [0.717, 1.165) is 11.3 Å². The third kappa shape index (κ3) is 4.02. The lowest BCUT2D eigenvalue weighted by Crippen LogP contribution is -2.14. The van der Waals surface area contributed by atoms with Crippen molar-refractivity contribution in [3.05, 3.63) is 70.9 Å². The Morgan fingerprint density at radius 3 is 2.74 bits per heavy atom. The second-order valence-electron chi connectivity index (χ2n) is 5.26. The molecule has 0 aliphatic heterocycles. The van der Waals surface area contributed by atoms with Crippen molar-refractivity contribution in [1.82, 2.24) is 4.98 Å². The van der Waals surface area contributed by atoms with Gasteiger partial charge in [-0.25, -0.2) is 9.37 Å². The van der Waals surface area contributed by atoms with Crippen LogP contribution in [0.3, 0.4) is 0 Å². The zero-order valence-corrected chi connectivity index (χ0v) is 13.4. The number of amides is 1. The summed E-state index contributed by atoms with van der Waals surface area (Å²) in [6, 6.07) is 14.1. The average Bonchev–Trinajstić information content (AvgIpc) is 2.96. The van der Waals surface area contributed by atoms with Crippen LogP contribution in [-0.2, 0) is 11.2 Å². The topological polar surface area (TPSA) is 42.0 Å². The molecule has 0 fully saturated rings. The quantitative estimate of drug-likeness (QED) is 0.770. The lowest BCUT2D eigenvalue weighted by atomic mass is 10.1. The number of halogens is 1. The largest absolute Gasteiger partial charge is 0.302 e. The fourth-order valence-electron chi connectivity index (χ4n) is 2.18. The molecule has 1 N–H and O–H groups in total. The third-order valence-corrected chi connectivity index (χ3v) is 4.11. The van der Waals surface area contributed by atoms with Crippen LogP contribution in [0, 0.1) is 12.7 Å². The molecule has 0 bridgehead atoms. The molecule has 2 aromatic carbocycles. The van der Waals surface area contributed by atoms with Crippen molar-refractivity contribution in [2.75, 3.05) is 5.32 Å². The maximum absolute atomic E-state index is 13.1. The molecule has 3 nitrogen and oxygen atoms in total. The van der Waals surface area contributed by atoms with E-state index < -0.39 is 0 Å². The Kier molecular flexibility index (Phi) is 4.48. The number of rotatable bonds is 4. The number of anilines is 1. The first-order valence-corrected chi connectivity index (χ1v) is 8.05. The van der Waals surface area contributed by atoms with E-state index in [1.807, 2.05) is 36.6 Å². The lowest BCUT2D eigenvalue weighted by Gasteiger charge is -2.02. The SMILES string of the molecule is Cc1ccc(-c2csc(NC(=O)Cc3cccc(F)c3)n2)cc1. The summed E-state index contributed by atoms with van der Waals surface area (Å²) in [7, 11) is 0. The fourth-order valence-corrected chi connectivity index (χ4v) is 2.92. The van der Waals surface area contributed by atoms with E-state index in [0.29, 0.717) is 10.7 Å². The van der Waals surface area contributed by atoms with Crippen molar-refractivity contribution in [2.45, 2.75) is 13.3 Å². The standard InChI is InChI=1S/C18H15FN2OS/c1-12-5-7-14(8-6-12)16-11-23-18(20-16)21-17(22)10-13-3-2-4-15(19)9-13/h2-9,11H,10H2,1H3,(H,20,21,22). The molecule has 0 spiro atoms. The summed E-state index contributed by atoms with van der Waals surface area (Å²) in [5, 5.41) is 5.21. The monoisotopic (exact) mass is 326 g/mol. The fraction of sp³-hybridized carbons (Fsp3) is 0.111. The minimum absolute atomic E-state index is 0.122. The van der Waals surface area contributed by atoms with Gasteiger partial charge in [0.25, 0.3) is 0 Å². The Morgan fingerprint density at radius 1 is 1.22 bits per heavy atom. The maximum Gasteiger partial charge on any atom is 0.230 e. The van der Waals surface area contributed by atoms with Gasteiger partial charge in [-0.15, -0.1) is 11.3 Å². The van der Waals surface area contributed by atoms with Crippen LogP contribution >= 0.6 is 11.3 Å². The summed E-state index contributed by atoms with van der Waals surface area (Å²) in [4.78, 5) is 16.4. The molecule has 116 valence electrons. The number of benzene rings is 2. The molecule has 0 unspecified atom stereocenters. The van der Waals surface area contributed by atoms with Gasteiger partial charge in [0, 0.05) is 10.9 Å². The van der Waals surface area contributed by atoms with Crippen LogP contribution in [0.25, 0.3) is 11.3 Å². The molecule has 0 atom stereocenters. The van der Waals surface area contributed by atoms with E-state index in [4.69, 9.17) is 0 Å². The summed E-state index contributed by atoms with van der Waals surface area (Å²) in [5.74, 6) is -0.549. The van der Waals surface area contributed by atoms with Crippen LogP contribution in [0.5, 0.6) is 0 Å². The highest BCUT2D eigenvalue weighted by atomic mass is 32.1. The molecule has 1 aromatic heterocycles. The smallest absolute Gasteiger partial charge is 0.230 e. The molecule has 1 amide bonds. The van der Waals surface area contributed by atoms with Crippen molar-refractivity contribution in [3.63, 3.8) is 0 Å². The average molecular weight is 326 g/mol. The molecule has 23 heavy (non-hydrogen) atoms. The van der Waals surface area contributed by atoms with Gasteiger partial charge in [-0.2, -0.15) is 0 Å². The normalized spacial score (nSPS) is 10.5. The molecule has 0 aliphatic rings. The Morgan fingerprint density at radius 2 is 2.00 bits per heavy atom. The van der Waals surface area contributed by atoms with Gasteiger partial charge in [0.2, 0.25) is 5.91 Å². The molecule has 0 radical (unpaired) electrons. The van der Waals surface area contributed by atoms with Crippen LogP contribution in [0.2, 0.25) is 0 Å². The van der Waals surface area contributed by atoms with Gasteiger partial charge < -0.3 is 5.32 Å². The third-order valence-electron chi connectivity index (χ3n) is 3.35. The second-order valence-corrected chi connectivity index (χ2v) is 6.12. The number of aryl methyl sites for hydroxylation is 1. The number of nitrogens with one attached hydrogen (secondary N) is 1. The van der Waals surface area contributed by atoms with E-state index in [-0.39, 0.29) is 18.1 Å². The molecule has 0 aliphatic carbocycles. The van der Waals surface area contributed by atoms with Gasteiger partial charge in [0.15, 0.2) is 5.13 Å². The van der Waals surface area contributed by atoms with Gasteiger partial charge in [-0.05, 0) is 24.6 Å². The van der Waals surface area contributed by atoms with E-state index in [1.54, 1.807) is 12.1 Å². The van der Waals surface area contributed by atoms with Gasteiger partial charge in [-0.3, -0.25) is 4.79 Å². The van der Waals surface area contributed by atoms with E-state index in [9.17, 15) is 9.18 Å². The molecule has 5 heteroatoms. The zero-order valence-electron chi connectivity index (χ0n) is 12.5. The predicted octanol–water partition coefficient (Wildman–Crippen LogP) is 4.44. The summed E-state index contributed by atoms with van der Waals surface area (Å²) in [6.45, 7) is 2.03. The van der Waals surface area contributed by atoms with Gasteiger partial charge >= 0.3 is 0 Å². The zero-order chi connectivity index (χ0) is 16.2. The second kappa shape index (κ2) is 6.71. The molecule has 1 heterocycles. The summed E-state index contributed by atoms with van der Waals surface area (Å²) in [5.41, 5.74) is 3.67. The Labute approximate surface area is 137 Å². The first-order chi connectivity index (χ1) is 11.1. The van der Waals surface area contributed by atoms with Crippen molar-refractivity contribution in [1.29, 1.82) is 0 Å². The van der Waals surface area contributed by atoms with Crippen molar-refractivity contribution in [3.8, 4) is 11.3 Å². The van der Waals surface area contributed by atoms with Gasteiger partial charge in [0.1, 0.15) is 5.82 Å². The van der Waals surface area contributed by atoms with Crippen LogP contribution < -0.4 is 5.32 Å². The van der Waals surface area contributed by atoms with Crippen LogP contribution in [0.1, 0.15) is 11.1 Å². The molecule has 3 rings (SSSR count). The Bertz CT molecular complexity index is 827. The van der Waals surface area contributed by atoms with E-state index >= 15 is 0 Å². The highest BCUT2D eigenvalue weighted by Crippen LogP contribution is 2.25. The lowest BCUT2D eigenvalue weighted by molar-refractivity contribution is -0.115. The summed E-state index contributed by atoms with van der Waals surface area (Å²) >= 11 is 1.37. The first kappa shape index (κ1) is 15.4. The van der Waals surface area contributed by atoms with Gasteiger partial charge in [0.05, 0.1) is 12.1 Å². The Hall–Kier alpha value is -2.53.